The molecule has 0 N–H and O–H groups in total. The minimum atomic E-state index is 0.904. The Morgan fingerprint density at radius 2 is 0.898 bits per heavy atom. The van der Waals surface area contributed by atoms with Crippen LogP contribution in [-0.2, 0) is 0 Å². The molecule has 0 unspecified atom stereocenters. The van der Waals surface area contributed by atoms with Crippen LogP contribution >= 0.6 is 0 Å². The molecule has 0 bridgehead atoms. The highest BCUT2D eigenvalue weighted by Crippen LogP contribution is 2.39. The molecule has 11 aromatic rings. The first-order valence-corrected chi connectivity index (χ1v) is 16.7. The van der Waals surface area contributed by atoms with Gasteiger partial charge in [-0.05, 0) is 92.0 Å². The third kappa shape index (κ3) is 3.66. The molecule has 228 valence electrons. The van der Waals surface area contributed by atoms with Gasteiger partial charge in [-0.1, -0.05) is 121 Å². The van der Waals surface area contributed by atoms with E-state index in [2.05, 4.69) is 183 Å². The van der Waals surface area contributed by atoms with E-state index in [-0.39, 0.29) is 0 Å². The highest BCUT2D eigenvalue weighted by Gasteiger charge is 2.23. The van der Waals surface area contributed by atoms with Gasteiger partial charge in [0.25, 0.3) is 0 Å². The van der Waals surface area contributed by atoms with E-state index in [0.717, 1.165) is 44.9 Å². The van der Waals surface area contributed by atoms with Crippen LogP contribution in [0, 0.1) is 0 Å². The first-order valence-electron chi connectivity index (χ1n) is 16.7. The predicted molar refractivity (Wildman–Crippen MR) is 204 cm³/mol. The van der Waals surface area contributed by atoms with Gasteiger partial charge in [-0.15, -0.1) is 0 Å². The molecule has 0 aliphatic carbocycles. The third-order valence-corrected chi connectivity index (χ3v) is 10.2. The van der Waals surface area contributed by atoms with E-state index in [9.17, 15) is 0 Å². The summed E-state index contributed by atoms with van der Waals surface area (Å²) in [6, 6.07) is 61.2. The van der Waals surface area contributed by atoms with Gasteiger partial charge in [0.05, 0.1) is 16.6 Å². The molecule has 0 aliphatic rings. The number of nitrogens with zero attached hydrogens (tertiary/aromatic N) is 4. The fourth-order valence-electron chi connectivity index (χ4n) is 8.11. The van der Waals surface area contributed by atoms with Crippen LogP contribution in [0.2, 0.25) is 0 Å². The van der Waals surface area contributed by atoms with Gasteiger partial charge >= 0.3 is 0 Å². The number of fused-ring (bicyclic) bond motifs is 13. The normalized spacial score (nSPS) is 12.1. The van der Waals surface area contributed by atoms with Crippen LogP contribution < -0.4 is 0 Å². The Morgan fingerprint density at radius 1 is 0.347 bits per heavy atom. The number of hydrogen-bond acceptors (Lipinski definition) is 1. The molecule has 0 saturated heterocycles. The van der Waals surface area contributed by atoms with E-state index in [0.29, 0.717) is 0 Å². The van der Waals surface area contributed by atoms with Crippen LogP contribution in [0.1, 0.15) is 0 Å². The highest BCUT2D eigenvalue weighted by molar-refractivity contribution is 6.25. The van der Waals surface area contributed by atoms with Gasteiger partial charge in [-0.25, -0.2) is 0 Å². The van der Waals surface area contributed by atoms with E-state index < -0.39 is 0 Å². The number of benzene rings is 8. The van der Waals surface area contributed by atoms with Crippen molar-refractivity contribution in [3.63, 3.8) is 0 Å². The Kier molecular flexibility index (Phi) is 5.35. The molecular weight excluding hydrogens is 597 g/mol. The Bertz CT molecular complexity index is 3070. The quantitative estimate of drug-likeness (QED) is 0.180. The van der Waals surface area contributed by atoms with E-state index in [1.165, 1.54) is 48.8 Å². The number of rotatable bonds is 3. The van der Waals surface area contributed by atoms with Crippen molar-refractivity contribution in [2.24, 2.45) is 0 Å². The number of hydrogen-bond donors (Lipinski definition) is 0. The van der Waals surface area contributed by atoms with Crippen LogP contribution in [0.4, 0.5) is 0 Å². The minimum absolute atomic E-state index is 0.904. The maximum absolute atomic E-state index is 5.44. The van der Waals surface area contributed by atoms with E-state index in [1.54, 1.807) is 0 Å². The van der Waals surface area contributed by atoms with Crippen LogP contribution in [0.5, 0.6) is 0 Å². The van der Waals surface area contributed by atoms with Crippen molar-refractivity contribution in [2.45, 2.75) is 0 Å². The Hall–Kier alpha value is -6.65. The third-order valence-electron chi connectivity index (χ3n) is 10.2. The van der Waals surface area contributed by atoms with Crippen molar-refractivity contribution in [3.05, 3.63) is 170 Å². The number of para-hydroxylation sites is 4. The lowest BCUT2D eigenvalue weighted by atomic mass is 9.92. The van der Waals surface area contributed by atoms with Gasteiger partial charge in [0.2, 0.25) is 5.78 Å². The molecular formula is C45H28N4. The zero-order valence-corrected chi connectivity index (χ0v) is 26.5. The molecule has 0 atom stereocenters. The highest BCUT2D eigenvalue weighted by atomic mass is 15.2. The molecule has 3 heterocycles. The number of imidazole rings is 2. The fraction of sp³-hybridized carbons (Fsp3) is 0. The van der Waals surface area contributed by atoms with Crippen molar-refractivity contribution in [2.75, 3.05) is 0 Å². The second-order valence-electron chi connectivity index (χ2n) is 12.8. The van der Waals surface area contributed by atoms with Crippen LogP contribution in [-0.4, -0.2) is 18.5 Å². The van der Waals surface area contributed by atoms with Gasteiger partial charge in [0.1, 0.15) is 5.52 Å². The molecule has 8 aromatic carbocycles. The van der Waals surface area contributed by atoms with Crippen molar-refractivity contribution in [1.82, 2.24) is 18.5 Å². The monoisotopic (exact) mass is 624 g/mol. The topological polar surface area (TPSA) is 27.2 Å². The smallest absolute Gasteiger partial charge is 0.222 e. The summed E-state index contributed by atoms with van der Waals surface area (Å²) in [6.45, 7) is 0. The molecule has 0 fully saturated rings. The molecule has 0 spiro atoms. The Balaban J connectivity index is 1.17. The van der Waals surface area contributed by atoms with Gasteiger partial charge < -0.3 is 0 Å². The molecule has 11 rings (SSSR count). The maximum Gasteiger partial charge on any atom is 0.222 e. The summed E-state index contributed by atoms with van der Waals surface area (Å²) >= 11 is 0. The molecule has 3 aromatic heterocycles. The summed E-state index contributed by atoms with van der Waals surface area (Å²) < 4.78 is 6.93. The lowest BCUT2D eigenvalue weighted by Gasteiger charge is -2.13. The van der Waals surface area contributed by atoms with E-state index in [1.807, 2.05) is 0 Å². The summed E-state index contributed by atoms with van der Waals surface area (Å²) in [6.07, 6.45) is 0. The van der Waals surface area contributed by atoms with Gasteiger partial charge in [-0.2, -0.15) is 4.98 Å². The van der Waals surface area contributed by atoms with Crippen LogP contribution in [0.3, 0.4) is 0 Å². The summed E-state index contributed by atoms with van der Waals surface area (Å²) in [5.41, 5.74) is 10.0. The minimum Gasteiger partial charge on any atom is -0.292 e. The average molecular weight is 625 g/mol. The van der Waals surface area contributed by atoms with Crippen LogP contribution in [0.25, 0.3) is 93.7 Å². The molecule has 0 amide bonds. The predicted octanol–water partition coefficient (Wildman–Crippen LogP) is 11.5. The van der Waals surface area contributed by atoms with E-state index >= 15 is 0 Å². The van der Waals surface area contributed by atoms with Crippen molar-refractivity contribution < 1.29 is 0 Å². The standard InChI is InChI=1S/C45H28N4/c1-2-14-31(15-3-1)48-41-23-10-11-24-42(41)49-43-38-21-8-9-22-40(38)47(44(43)46-45(48)49)32-16-12-13-29(27-32)30-25-26-37-35-19-5-4-17-33(35)34-18-6-7-20-36(34)39(37)28-30/h1-28H. The molecule has 0 radical (unpaired) electrons. The van der Waals surface area contributed by atoms with Gasteiger partial charge in [-0.3, -0.25) is 13.5 Å². The fourth-order valence-corrected chi connectivity index (χ4v) is 8.11. The van der Waals surface area contributed by atoms with Crippen molar-refractivity contribution in [3.8, 4) is 22.5 Å². The second kappa shape index (κ2) is 9.93. The van der Waals surface area contributed by atoms with Gasteiger partial charge in [0.15, 0.2) is 5.65 Å². The molecule has 4 nitrogen and oxygen atoms in total. The first-order chi connectivity index (χ1) is 24.3. The lowest BCUT2D eigenvalue weighted by Crippen LogP contribution is -1.97. The summed E-state index contributed by atoms with van der Waals surface area (Å²) in [7, 11) is 0. The Labute approximate surface area is 281 Å². The van der Waals surface area contributed by atoms with Crippen molar-refractivity contribution in [1.29, 1.82) is 0 Å². The number of aromatic nitrogens is 4. The maximum atomic E-state index is 5.44. The van der Waals surface area contributed by atoms with Crippen LogP contribution in [0.15, 0.2) is 170 Å². The average Bonchev–Trinajstić information content (AvgIpc) is 3.81. The molecule has 49 heavy (non-hydrogen) atoms. The zero-order chi connectivity index (χ0) is 32.1. The van der Waals surface area contributed by atoms with E-state index in [4.69, 9.17) is 4.98 Å². The summed E-state index contributed by atoms with van der Waals surface area (Å²) in [5, 5.41) is 8.88. The molecule has 4 heteroatoms. The zero-order valence-electron chi connectivity index (χ0n) is 26.5. The second-order valence-corrected chi connectivity index (χ2v) is 12.8. The largest absolute Gasteiger partial charge is 0.292 e. The lowest BCUT2D eigenvalue weighted by molar-refractivity contribution is 1.09. The van der Waals surface area contributed by atoms with Crippen molar-refractivity contribution >= 4 is 71.2 Å². The summed E-state index contributed by atoms with van der Waals surface area (Å²) in [5.74, 6) is 0.904. The SMILES string of the molecule is c1ccc(-n2c3ccccc3n3c4c5ccccc5n(-c5cccc(-c6ccc7c8ccccc8c8ccccc8c7c6)c5)c4nc23)cc1. The summed E-state index contributed by atoms with van der Waals surface area (Å²) in [4.78, 5) is 5.44. The Morgan fingerprint density at radius 3 is 1.63 bits per heavy atom. The first kappa shape index (κ1) is 26.4. The molecule has 0 aliphatic heterocycles. The molecule has 0 saturated carbocycles. The van der Waals surface area contributed by atoms with Gasteiger partial charge in [0, 0.05) is 16.8 Å².